The zero-order valence-electron chi connectivity index (χ0n) is 14.9. The summed E-state index contributed by atoms with van der Waals surface area (Å²) in [6, 6.07) is 13.0. The molecule has 1 heterocycles. The molecule has 0 saturated heterocycles. The molecule has 3 aromatic rings. The fourth-order valence-corrected chi connectivity index (χ4v) is 2.49. The Labute approximate surface area is 155 Å². The third-order valence-corrected chi connectivity index (χ3v) is 3.94. The number of hydrogen-bond acceptors (Lipinski definition) is 4. The quantitative estimate of drug-likeness (QED) is 0.705. The van der Waals surface area contributed by atoms with Gasteiger partial charge in [0.25, 0.3) is 11.8 Å². The van der Waals surface area contributed by atoms with Crippen LogP contribution in [0.5, 0.6) is 0 Å². The molecule has 0 atom stereocenters. The molecule has 138 valence electrons. The van der Waals surface area contributed by atoms with Crippen LogP contribution in [0.25, 0.3) is 0 Å². The number of hydrogen-bond donors (Lipinski definition) is 2. The predicted molar refractivity (Wildman–Crippen MR) is 99.6 cm³/mol. The van der Waals surface area contributed by atoms with Crippen molar-refractivity contribution in [2.75, 3.05) is 10.6 Å². The van der Waals surface area contributed by atoms with Gasteiger partial charge in [0, 0.05) is 23.0 Å². The standard InChI is InChI=1S/C20H18FN3O3/c1-12-6-7-15(19(25)22-16-5-3-4-14(9-16)11-21)10-17(12)23-20(26)18-8-13(2)24-27-18/h3-10H,11H2,1-2H3,(H,22,25)(H,23,26). The van der Waals surface area contributed by atoms with Crippen LogP contribution in [0.15, 0.2) is 53.1 Å². The van der Waals surface area contributed by atoms with Crippen molar-refractivity contribution in [3.63, 3.8) is 0 Å². The lowest BCUT2D eigenvalue weighted by Gasteiger charge is -2.10. The predicted octanol–water partition coefficient (Wildman–Crippen LogP) is 4.27. The fourth-order valence-electron chi connectivity index (χ4n) is 2.49. The van der Waals surface area contributed by atoms with Gasteiger partial charge in [-0.2, -0.15) is 0 Å². The number of halogens is 1. The number of anilines is 2. The highest BCUT2D eigenvalue weighted by Crippen LogP contribution is 2.20. The first-order valence-electron chi connectivity index (χ1n) is 8.28. The SMILES string of the molecule is Cc1cc(C(=O)Nc2cc(C(=O)Nc3cccc(CF)c3)ccc2C)on1. The number of amides is 2. The molecule has 0 fully saturated rings. The van der Waals surface area contributed by atoms with Gasteiger partial charge in [-0.15, -0.1) is 0 Å². The summed E-state index contributed by atoms with van der Waals surface area (Å²) in [6.45, 7) is 2.92. The van der Waals surface area contributed by atoms with Crippen molar-refractivity contribution in [2.45, 2.75) is 20.5 Å². The summed E-state index contributed by atoms with van der Waals surface area (Å²) in [7, 11) is 0. The first-order chi connectivity index (χ1) is 13.0. The van der Waals surface area contributed by atoms with E-state index in [4.69, 9.17) is 4.52 Å². The summed E-state index contributed by atoms with van der Waals surface area (Å²) in [6.07, 6.45) is 0. The molecule has 3 rings (SSSR count). The Hall–Kier alpha value is -3.48. The number of benzene rings is 2. The molecule has 0 spiro atoms. The molecular formula is C20H18FN3O3. The Kier molecular flexibility index (Phi) is 5.30. The lowest BCUT2D eigenvalue weighted by atomic mass is 10.1. The number of aromatic nitrogens is 1. The zero-order chi connectivity index (χ0) is 19.4. The average Bonchev–Trinajstić information content (AvgIpc) is 3.10. The molecular weight excluding hydrogens is 349 g/mol. The fraction of sp³-hybridized carbons (Fsp3) is 0.150. The highest BCUT2D eigenvalue weighted by molar-refractivity contribution is 6.07. The Balaban J connectivity index is 1.77. The van der Waals surface area contributed by atoms with Crippen LogP contribution < -0.4 is 10.6 Å². The maximum atomic E-state index is 12.8. The van der Waals surface area contributed by atoms with Crippen molar-refractivity contribution >= 4 is 23.2 Å². The first-order valence-corrected chi connectivity index (χ1v) is 8.28. The van der Waals surface area contributed by atoms with Gasteiger partial charge in [-0.3, -0.25) is 9.59 Å². The molecule has 2 amide bonds. The van der Waals surface area contributed by atoms with E-state index in [0.717, 1.165) is 5.56 Å². The van der Waals surface area contributed by atoms with E-state index in [0.29, 0.717) is 28.2 Å². The largest absolute Gasteiger partial charge is 0.351 e. The van der Waals surface area contributed by atoms with Gasteiger partial charge >= 0.3 is 0 Å². The normalized spacial score (nSPS) is 10.5. The summed E-state index contributed by atoms with van der Waals surface area (Å²) in [5, 5.41) is 9.12. The van der Waals surface area contributed by atoms with E-state index in [-0.39, 0.29) is 11.7 Å². The van der Waals surface area contributed by atoms with Gasteiger partial charge in [-0.05, 0) is 49.2 Å². The molecule has 0 aliphatic heterocycles. The van der Waals surface area contributed by atoms with Crippen LogP contribution in [0.3, 0.4) is 0 Å². The van der Waals surface area contributed by atoms with Crippen LogP contribution >= 0.6 is 0 Å². The number of carbonyl (C=O) groups is 2. The van der Waals surface area contributed by atoms with E-state index in [1.165, 1.54) is 6.07 Å². The minimum Gasteiger partial charge on any atom is -0.351 e. The summed E-state index contributed by atoms with van der Waals surface area (Å²) in [5.74, 6) is -0.728. The van der Waals surface area contributed by atoms with E-state index in [2.05, 4.69) is 15.8 Å². The van der Waals surface area contributed by atoms with Crippen molar-refractivity contribution in [1.82, 2.24) is 5.16 Å². The Morgan fingerprint density at radius 2 is 1.85 bits per heavy atom. The van der Waals surface area contributed by atoms with Gasteiger partial charge in [0.15, 0.2) is 0 Å². The number of rotatable bonds is 5. The second kappa shape index (κ2) is 7.82. The molecule has 7 heteroatoms. The zero-order valence-corrected chi connectivity index (χ0v) is 14.9. The number of aryl methyl sites for hydroxylation is 2. The second-order valence-corrected chi connectivity index (χ2v) is 6.10. The van der Waals surface area contributed by atoms with E-state index >= 15 is 0 Å². The van der Waals surface area contributed by atoms with Crippen LogP contribution in [0.1, 0.15) is 37.7 Å². The molecule has 2 aromatic carbocycles. The number of carbonyl (C=O) groups excluding carboxylic acids is 2. The first kappa shape index (κ1) is 18.3. The molecule has 1 aromatic heterocycles. The minimum atomic E-state index is -0.606. The minimum absolute atomic E-state index is 0.0878. The van der Waals surface area contributed by atoms with Crippen molar-refractivity contribution in [2.24, 2.45) is 0 Å². The molecule has 0 saturated carbocycles. The van der Waals surface area contributed by atoms with E-state index in [1.807, 2.05) is 6.92 Å². The molecule has 0 aliphatic rings. The van der Waals surface area contributed by atoms with Crippen LogP contribution in [0.2, 0.25) is 0 Å². The van der Waals surface area contributed by atoms with Gasteiger partial charge in [0.1, 0.15) is 6.67 Å². The third kappa shape index (κ3) is 4.38. The number of alkyl halides is 1. The van der Waals surface area contributed by atoms with Gasteiger partial charge in [-0.25, -0.2) is 4.39 Å². The molecule has 0 radical (unpaired) electrons. The number of nitrogens with one attached hydrogen (secondary N) is 2. The second-order valence-electron chi connectivity index (χ2n) is 6.10. The van der Waals surface area contributed by atoms with E-state index in [9.17, 15) is 14.0 Å². The van der Waals surface area contributed by atoms with Crippen molar-refractivity contribution in [3.8, 4) is 0 Å². The van der Waals surface area contributed by atoms with Gasteiger partial charge in [0.2, 0.25) is 5.76 Å². The molecule has 6 nitrogen and oxygen atoms in total. The molecule has 2 N–H and O–H groups in total. The molecule has 0 unspecified atom stereocenters. The summed E-state index contributed by atoms with van der Waals surface area (Å²) in [5.41, 5.74) is 3.20. The molecule has 0 aliphatic carbocycles. The topological polar surface area (TPSA) is 84.2 Å². The van der Waals surface area contributed by atoms with Gasteiger partial charge in [0.05, 0.1) is 5.69 Å². The maximum absolute atomic E-state index is 12.8. The summed E-state index contributed by atoms with van der Waals surface area (Å²) >= 11 is 0. The van der Waals surface area contributed by atoms with Crippen LogP contribution in [-0.4, -0.2) is 17.0 Å². The monoisotopic (exact) mass is 367 g/mol. The third-order valence-electron chi connectivity index (χ3n) is 3.94. The molecule has 27 heavy (non-hydrogen) atoms. The van der Waals surface area contributed by atoms with Crippen LogP contribution in [0, 0.1) is 13.8 Å². The summed E-state index contributed by atoms with van der Waals surface area (Å²) < 4.78 is 17.7. The van der Waals surface area contributed by atoms with Gasteiger partial charge < -0.3 is 15.2 Å². The van der Waals surface area contributed by atoms with Crippen LogP contribution in [-0.2, 0) is 6.67 Å². The highest BCUT2D eigenvalue weighted by atomic mass is 19.1. The van der Waals surface area contributed by atoms with Crippen LogP contribution in [0.4, 0.5) is 15.8 Å². The molecule has 0 bridgehead atoms. The lowest BCUT2D eigenvalue weighted by molar-refractivity contribution is 0.0985. The Morgan fingerprint density at radius 1 is 1.04 bits per heavy atom. The average molecular weight is 367 g/mol. The van der Waals surface area contributed by atoms with Gasteiger partial charge in [-0.1, -0.05) is 23.4 Å². The van der Waals surface area contributed by atoms with E-state index < -0.39 is 12.6 Å². The van der Waals surface area contributed by atoms with E-state index in [1.54, 1.807) is 49.4 Å². The smallest absolute Gasteiger partial charge is 0.294 e. The Bertz CT molecular complexity index is 998. The number of nitrogens with zero attached hydrogens (tertiary/aromatic N) is 1. The maximum Gasteiger partial charge on any atom is 0.294 e. The summed E-state index contributed by atoms with van der Waals surface area (Å²) in [4.78, 5) is 24.7. The lowest BCUT2D eigenvalue weighted by Crippen LogP contribution is -2.15. The van der Waals surface area contributed by atoms with Crippen molar-refractivity contribution in [1.29, 1.82) is 0 Å². The highest BCUT2D eigenvalue weighted by Gasteiger charge is 2.15. The van der Waals surface area contributed by atoms with Crippen molar-refractivity contribution in [3.05, 3.63) is 76.7 Å². The Morgan fingerprint density at radius 3 is 2.56 bits per heavy atom. The van der Waals surface area contributed by atoms with Crippen molar-refractivity contribution < 1.29 is 18.5 Å².